The molecule has 0 spiro atoms. The zero-order valence-corrected chi connectivity index (χ0v) is 21.6. The molecule has 35 heavy (non-hydrogen) atoms. The largest absolute Gasteiger partial charge is 0.348 e. The Kier molecular flexibility index (Phi) is 7.60. The van der Waals surface area contributed by atoms with Crippen molar-refractivity contribution in [2.45, 2.75) is 63.8 Å². The first-order valence-electron chi connectivity index (χ1n) is 12.4. The number of anilines is 1. The SMILES string of the molecule is CCC(NC(=O)CN(c1ccc(C)c(C)c1)S(=O)(=O)c1ccccc1)c1ccc2c(c1)CCCC2. The maximum atomic E-state index is 13.6. The highest BCUT2D eigenvalue weighted by molar-refractivity contribution is 7.92. The summed E-state index contributed by atoms with van der Waals surface area (Å²) in [5.41, 5.74) is 6.35. The molecule has 0 saturated heterocycles. The lowest BCUT2D eigenvalue weighted by Crippen LogP contribution is -2.42. The molecule has 0 aliphatic heterocycles. The zero-order chi connectivity index (χ0) is 25.0. The molecule has 0 heterocycles. The van der Waals surface area contributed by atoms with Gasteiger partial charge in [-0.1, -0.05) is 49.4 Å². The van der Waals surface area contributed by atoms with Crippen LogP contribution in [0.25, 0.3) is 0 Å². The van der Waals surface area contributed by atoms with Gasteiger partial charge in [0.15, 0.2) is 0 Å². The molecule has 0 radical (unpaired) electrons. The highest BCUT2D eigenvalue weighted by Crippen LogP contribution is 2.28. The summed E-state index contributed by atoms with van der Waals surface area (Å²) in [4.78, 5) is 13.4. The standard InChI is InChI=1S/C29H34N2O3S/c1-4-28(25-16-15-23-10-8-9-11-24(23)19-25)30-29(32)20-31(26-17-14-21(2)22(3)18-26)35(33,34)27-12-6-5-7-13-27/h5-7,12-19,28H,4,8-11,20H2,1-3H3,(H,30,32). The van der Waals surface area contributed by atoms with Gasteiger partial charge in [-0.25, -0.2) is 8.42 Å². The molecule has 1 unspecified atom stereocenters. The lowest BCUT2D eigenvalue weighted by atomic mass is 9.89. The summed E-state index contributed by atoms with van der Waals surface area (Å²) < 4.78 is 28.4. The number of amides is 1. The van der Waals surface area contributed by atoms with Crippen LogP contribution in [0.1, 0.15) is 60.0 Å². The molecule has 1 N–H and O–H groups in total. The van der Waals surface area contributed by atoms with Crippen LogP contribution in [0.5, 0.6) is 0 Å². The molecule has 0 saturated carbocycles. The van der Waals surface area contributed by atoms with Crippen molar-refractivity contribution in [3.63, 3.8) is 0 Å². The minimum absolute atomic E-state index is 0.160. The van der Waals surface area contributed by atoms with E-state index in [2.05, 4.69) is 23.5 Å². The molecule has 1 aliphatic carbocycles. The Labute approximate surface area is 209 Å². The quantitative estimate of drug-likeness (QED) is 0.444. The first-order valence-corrected chi connectivity index (χ1v) is 13.8. The van der Waals surface area contributed by atoms with E-state index >= 15 is 0 Å². The number of nitrogens with one attached hydrogen (secondary N) is 1. The molecule has 5 nitrogen and oxygen atoms in total. The number of fused-ring (bicyclic) bond motifs is 1. The normalized spacial score (nSPS) is 14.1. The summed E-state index contributed by atoms with van der Waals surface area (Å²) in [5.74, 6) is -0.327. The fourth-order valence-electron chi connectivity index (χ4n) is 4.68. The summed E-state index contributed by atoms with van der Waals surface area (Å²) in [6, 6.07) is 20.1. The van der Waals surface area contributed by atoms with E-state index in [4.69, 9.17) is 0 Å². The Morgan fingerprint density at radius 3 is 2.31 bits per heavy atom. The summed E-state index contributed by atoms with van der Waals surface area (Å²) in [5, 5.41) is 3.09. The van der Waals surface area contributed by atoms with Crippen LogP contribution < -0.4 is 9.62 Å². The van der Waals surface area contributed by atoms with Crippen LogP contribution in [0, 0.1) is 13.8 Å². The Morgan fingerprint density at radius 2 is 1.63 bits per heavy atom. The van der Waals surface area contributed by atoms with Crippen molar-refractivity contribution in [1.82, 2.24) is 5.32 Å². The van der Waals surface area contributed by atoms with E-state index in [0.717, 1.165) is 36.0 Å². The van der Waals surface area contributed by atoms with E-state index in [1.54, 1.807) is 36.4 Å². The number of rotatable bonds is 8. The van der Waals surface area contributed by atoms with Crippen molar-refractivity contribution in [2.24, 2.45) is 0 Å². The van der Waals surface area contributed by atoms with Gasteiger partial charge in [0.2, 0.25) is 5.91 Å². The van der Waals surface area contributed by atoms with Crippen LogP contribution in [-0.2, 0) is 27.7 Å². The Bertz CT molecular complexity index is 1300. The highest BCUT2D eigenvalue weighted by Gasteiger charge is 2.28. The number of aryl methyl sites for hydroxylation is 4. The van der Waals surface area contributed by atoms with Crippen LogP contribution in [0.2, 0.25) is 0 Å². The molecule has 1 amide bonds. The maximum absolute atomic E-state index is 13.6. The van der Waals surface area contributed by atoms with Crippen molar-refractivity contribution in [2.75, 3.05) is 10.8 Å². The van der Waals surface area contributed by atoms with Crippen LogP contribution in [0.4, 0.5) is 5.69 Å². The van der Waals surface area contributed by atoms with Crippen molar-refractivity contribution >= 4 is 21.6 Å². The van der Waals surface area contributed by atoms with Crippen molar-refractivity contribution in [3.8, 4) is 0 Å². The molecule has 0 bridgehead atoms. The van der Waals surface area contributed by atoms with Gasteiger partial charge in [-0.3, -0.25) is 9.10 Å². The first kappa shape index (κ1) is 25.0. The second-order valence-electron chi connectivity index (χ2n) is 9.36. The van der Waals surface area contributed by atoms with Gasteiger partial charge in [0, 0.05) is 0 Å². The third-order valence-corrected chi connectivity index (χ3v) is 8.70. The number of hydrogen-bond acceptors (Lipinski definition) is 3. The van der Waals surface area contributed by atoms with Crippen LogP contribution in [0.15, 0.2) is 71.6 Å². The second-order valence-corrected chi connectivity index (χ2v) is 11.2. The van der Waals surface area contributed by atoms with Gasteiger partial charge in [-0.2, -0.15) is 0 Å². The number of benzene rings is 3. The lowest BCUT2D eigenvalue weighted by molar-refractivity contribution is -0.120. The molecule has 184 valence electrons. The number of carbonyl (C=O) groups excluding carboxylic acids is 1. The van der Waals surface area contributed by atoms with E-state index in [0.29, 0.717) is 5.69 Å². The third kappa shape index (κ3) is 5.59. The van der Waals surface area contributed by atoms with Crippen LogP contribution >= 0.6 is 0 Å². The average Bonchev–Trinajstić information content (AvgIpc) is 2.87. The number of hydrogen-bond donors (Lipinski definition) is 1. The van der Waals surface area contributed by atoms with Gasteiger partial charge >= 0.3 is 0 Å². The Morgan fingerprint density at radius 1 is 0.914 bits per heavy atom. The molecule has 0 aromatic heterocycles. The van der Waals surface area contributed by atoms with Crippen LogP contribution in [-0.4, -0.2) is 20.9 Å². The van der Waals surface area contributed by atoms with Gasteiger partial charge in [-0.05, 0) is 98.0 Å². The predicted molar refractivity (Wildman–Crippen MR) is 141 cm³/mol. The predicted octanol–water partition coefficient (Wildman–Crippen LogP) is 5.65. The first-order chi connectivity index (χ1) is 16.8. The Hall–Kier alpha value is -3.12. The second kappa shape index (κ2) is 10.6. The summed E-state index contributed by atoms with van der Waals surface area (Å²) in [7, 11) is -3.93. The minimum atomic E-state index is -3.93. The fraction of sp³-hybridized carbons (Fsp3) is 0.345. The monoisotopic (exact) mass is 490 g/mol. The summed E-state index contributed by atoms with van der Waals surface area (Å²) >= 11 is 0. The molecule has 0 fully saturated rings. The highest BCUT2D eigenvalue weighted by atomic mass is 32.2. The molecule has 6 heteroatoms. The van der Waals surface area contributed by atoms with Gasteiger partial charge < -0.3 is 5.32 Å². The minimum Gasteiger partial charge on any atom is -0.348 e. The van der Waals surface area contributed by atoms with Crippen molar-refractivity contribution in [3.05, 3.63) is 94.5 Å². The number of carbonyl (C=O) groups is 1. The molecule has 3 aromatic carbocycles. The topological polar surface area (TPSA) is 66.5 Å². The van der Waals surface area contributed by atoms with E-state index in [1.165, 1.54) is 28.3 Å². The molecule has 1 atom stereocenters. The zero-order valence-electron chi connectivity index (χ0n) is 20.8. The van der Waals surface area contributed by atoms with E-state index in [9.17, 15) is 13.2 Å². The maximum Gasteiger partial charge on any atom is 0.264 e. The van der Waals surface area contributed by atoms with Gasteiger partial charge in [0.05, 0.1) is 16.6 Å². The number of nitrogens with zero attached hydrogens (tertiary/aromatic N) is 1. The molecular weight excluding hydrogens is 456 g/mol. The van der Waals surface area contributed by atoms with Gasteiger partial charge in [-0.15, -0.1) is 0 Å². The van der Waals surface area contributed by atoms with Crippen molar-refractivity contribution in [1.29, 1.82) is 0 Å². The Balaban J connectivity index is 1.61. The third-order valence-electron chi connectivity index (χ3n) is 6.92. The van der Waals surface area contributed by atoms with E-state index in [1.807, 2.05) is 32.9 Å². The molecule has 4 rings (SSSR count). The smallest absolute Gasteiger partial charge is 0.264 e. The molecular formula is C29H34N2O3S. The van der Waals surface area contributed by atoms with Gasteiger partial charge in [0.25, 0.3) is 10.0 Å². The lowest BCUT2D eigenvalue weighted by Gasteiger charge is -2.26. The van der Waals surface area contributed by atoms with Crippen molar-refractivity contribution < 1.29 is 13.2 Å². The fourth-order valence-corrected chi connectivity index (χ4v) is 6.11. The van der Waals surface area contributed by atoms with Gasteiger partial charge in [0.1, 0.15) is 6.54 Å². The summed E-state index contributed by atoms with van der Waals surface area (Å²) in [6.07, 6.45) is 5.33. The summed E-state index contributed by atoms with van der Waals surface area (Å²) in [6.45, 7) is 5.66. The van der Waals surface area contributed by atoms with Crippen LogP contribution in [0.3, 0.4) is 0 Å². The van der Waals surface area contributed by atoms with E-state index in [-0.39, 0.29) is 23.4 Å². The average molecular weight is 491 g/mol. The van der Waals surface area contributed by atoms with E-state index < -0.39 is 10.0 Å². The molecule has 3 aromatic rings. The molecule has 1 aliphatic rings. The number of sulfonamides is 1.